The van der Waals surface area contributed by atoms with E-state index in [-0.39, 0.29) is 0 Å². The second kappa shape index (κ2) is 7.44. The van der Waals surface area contributed by atoms with E-state index in [1.807, 2.05) is 37.3 Å². The first-order valence-corrected chi connectivity index (χ1v) is 9.01. The van der Waals surface area contributed by atoms with Gasteiger partial charge in [0, 0.05) is 24.0 Å². The number of benzene rings is 2. The minimum absolute atomic E-state index is 0.666. The molecular weight excluding hydrogens is 324 g/mol. The first-order chi connectivity index (χ1) is 12.8. The van der Waals surface area contributed by atoms with Crippen molar-refractivity contribution in [2.45, 2.75) is 19.8 Å². The molecule has 0 spiro atoms. The second-order valence-corrected chi connectivity index (χ2v) is 6.23. The number of anilines is 4. The van der Waals surface area contributed by atoms with Crippen molar-refractivity contribution in [2.75, 3.05) is 23.4 Å². The van der Waals surface area contributed by atoms with Gasteiger partial charge in [-0.05, 0) is 55.7 Å². The number of hydrogen-bond donors (Lipinski definition) is 1. The third-order valence-corrected chi connectivity index (χ3v) is 4.48. The van der Waals surface area contributed by atoms with Crippen molar-refractivity contribution in [2.24, 2.45) is 0 Å². The molecule has 0 amide bonds. The lowest BCUT2D eigenvalue weighted by atomic mass is 10.0. The predicted molar refractivity (Wildman–Crippen MR) is 105 cm³/mol. The standard InChI is InChI=1S/C21H22N4O/c1-2-26-18-11-9-17(10-12-18)24-20-14-21(23-15-22-20)25-13-5-7-16-6-3-4-8-19(16)25/h3-4,6,8-12,14-15H,2,5,7,13H2,1H3,(H,22,23,24). The number of aromatic nitrogens is 2. The Labute approximate surface area is 153 Å². The molecule has 5 nitrogen and oxygen atoms in total. The molecule has 1 N–H and O–H groups in total. The van der Waals surface area contributed by atoms with Gasteiger partial charge in [0.05, 0.1) is 6.61 Å². The normalized spacial score (nSPS) is 13.2. The van der Waals surface area contributed by atoms with Crippen LogP contribution in [0.25, 0.3) is 0 Å². The fourth-order valence-electron chi connectivity index (χ4n) is 3.28. The molecule has 1 aliphatic heterocycles. The Bertz CT molecular complexity index is 879. The average Bonchev–Trinajstić information content (AvgIpc) is 2.69. The smallest absolute Gasteiger partial charge is 0.138 e. The summed E-state index contributed by atoms with van der Waals surface area (Å²) in [5, 5.41) is 3.34. The molecule has 0 fully saturated rings. The number of nitrogens with zero attached hydrogens (tertiary/aromatic N) is 3. The molecule has 1 aliphatic rings. The Morgan fingerprint density at radius 2 is 1.92 bits per heavy atom. The summed E-state index contributed by atoms with van der Waals surface area (Å²) in [6, 6.07) is 18.4. The van der Waals surface area contributed by atoms with Gasteiger partial charge in [-0.15, -0.1) is 0 Å². The van der Waals surface area contributed by atoms with E-state index in [2.05, 4.69) is 44.5 Å². The third kappa shape index (κ3) is 3.47. The third-order valence-electron chi connectivity index (χ3n) is 4.48. The van der Waals surface area contributed by atoms with Crippen molar-refractivity contribution in [3.8, 4) is 5.75 Å². The number of ether oxygens (including phenoxy) is 1. The Hall–Kier alpha value is -3.08. The first kappa shape index (κ1) is 16.4. The molecular formula is C21H22N4O. The molecule has 0 atom stereocenters. The number of fused-ring (bicyclic) bond motifs is 1. The quantitative estimate of drug-likeness (QED) is 0.725. The summed E-state index contributed by atoms with van der Waals surface area (Å²) in [5.74, 6) is 2.56. The maximum atomic E-state index is 5.48. The van der Waals surface area contributed by atoms with Crippen molar-refractivity contribution >= 4 is 23.0 Å². The lowest BCUT2D eigenvalue weighted by Crippen LogP contribution is -2.25. The van der Waals surface area contributed by atoms with Gasteiger partial charge in [0.25, 0.3) is 0 Å². The predicted octanol–water partition coefficient (Wildman–Crippen LogP) is 4.70. The van der Waals surface area contributed by atoms with Crippen LogP contribution in [0, 0.1) is 0 Å². The SMILES string of the molecule is CCOc1ccc(Nc2cc(N3CCCc4ccccc43)ncn2)cc1. The largest absolute Gasteiger partial charge is 0.494 e. The van der Waals surface area contributed by atoms with E-state index in [4.69, 9.17) is 4.74 Å². The summed E-state index contributed by atoms with van der Waals surface area (Å²) in [4.78, 5) is 11.1. The highest BCUT2D eigenvalue weighted by Gasteiger charge is 2.19. The summed E-state index contributed by atoms with van der Waals surface area (Å²) >= 11 is 0. The maximum absolute atomic E-state index is 5.48. The highest BCUT2D eigenvalue weighted by Crippen LogP contribution is 2.33. The highest BCUT2D eigenvalue weighted by molar-refractivity contribution is 5.68. The molecule has 1 aromatic heterocycles. The van der Waals surface area contributed by atoms with Gasteiger partial charge in [0.15, 0.2) is 0 Å². The number of para-hydroxylation sites is 1. The van der Waals surface area contributed by atoms with Gasteiger partial charge in [-0.2, -0.15) is 0 Å². The van der Waals surface area contributed by atoms with Gasteiger partial charge < -0.3 is 15.0 Å². The Kier molecular flexibility index (Phi) is 4.69. The van der Waals surface area contributed by atoms with E-state index < -0.39 is 0 Å². The zero-order valence-electron chi connectivity index (χ0n) is 14.9. The van der Waals surface area contributed by atoms with Crippen LogP contribution in [0.1, 0.15) is 18.9 Å². The van der Waals surface area contributed by atoms with Crippen LogP contribution in [-0.4, -0.2) is 23.1 Å². The van der Waals surface area contributed by atoms with Crippen molar-refractivity contribution in [1.29, 1.82) is 0 Å². The zero-order chi connectivity index (χ0) is 17.8. The monoisotopic (exact) mass is 346 g/mol. The zero-order valence-corrected chi connectivity index (χ0v) is 14.9. The Morgan fingerprint density at radius 3 is 2.77 bits per heavy atom. The van der Waals surface area contributed by atoms with Crippen LogP contribution in [0.15, 0.2) is 60.9 Å². The van der Waals surface area contributed by atoms with Crippen LogP contribution < -0.4 is 15.0 Å². The molecule has 2 aromatic carbocycles. The lowest BCUT2D eigenvalue weighted by Gasteiger charge is -2.30. The minimum Gasteiger partial charge on any atom is -0.494 e. The fourth-order valence-corrected chi connectivity index (χ4v) is 3.28. The van der Waals surface area contributed by atoms with Crippen LogP contribution in [0.2, 0.25) is 0 Å². The lowest BCUT2D eigenvalue weighted by molar-refractivity contribution is 0.340. The van der Waals surface area contributed by atoms with Gasteiger partial charge in [0.1, 0.15) is 23.7 Å². The molecule has 0 bridgehead atoms. The summed E-state index contributed by atoms with van der Waals surface area (Å²) in [5.41, 5.74) is 3.58. The van der Waals surface area contributed by atoms with E-state index >= 15 is 0 Å². The highest BCUT2D eigenvalue weighted by atomic mass is 16.5. The summed E-state index contributed by atoms with van der Waals surface area (Å²) in [6.07, 6.45) is 3.86. The van der Waals surface area contributed by atoms with Gasteiger partial charge >= 0.3 is 0 Å². The molecule has 0 saturated carbocycles. The molecule has 132 valence electrons. The van der Waals surface area contributed by atoms with Gasteiger partial charge in [0.2, 0.25) is 0 Å². The fraction of sp³-hybridized carbons (Fsp3) is 0.238. The van der Waals surface area contributed by atoms with E-state index in [0.29, 0.717) is 6.61 Å². The van der Waals surface area contributed by atoms with Crippen molar-refractivity contribution < 1.29 is 4.74 Å². The maximum Gasteiger partial charge on any atom is 0.138 e. The number of aryl methyl sites for hydroxylation is 1. The van der Waals surface area contributed by atoms with Gasteiger partial charge in [-0.25, -0.2) is 9.97 Å². The van der Waals surface area contributed by atoms with E-state index in [9.17, 15) is 0 Å². The number of rotatable bonds is 5. The van der Waals surface area contributed by atoms with E-state index in [1.54, 1.807) is 6.33 Å². The molecule has 0 aliphatic carbocycles. The Balaban J connectivity index is 1.56. The molecule has 0 radical (unpaired) electrons. The van der Waals surface area contributed by atoms with Crippen molar-refractivity contribution in [3.63, 3.8) is 0 Å². The number of hydrogen-bond acceptors (Lipinski definition) is 5. The second-order valence-electron chi connectivity index (χ2n) is 6.23. The molecule has 3 aromatic rings. The van der Waals surface area contributed by atoms with Crippen LogP contribution in [-0.2, 0) is 6.42 Å². The summed E-state index contributed by atoms with van der Waals surface area (Å²) < 4.78 is 5.48. The van der Waals surface area contributed by atoms with Crippen LogP contribution in [0.3, 0.4) is 0 Å². The topological polar surface area (TPSA) is 50.3 Å². The molecule has 5 heteroatoms. The van der Waals surface area contributed by atoms with Gasteiger partial charge in [-0.3, -0.25) is 0 Å². The summed E-state index contributed by atoms with van der Waals surface area (Å²) in [7, 11) is 0. The van der Waals surface area contributed by atoms with E-state index in [1.165, 1.54) is 11.3 Å². The van der Waals surface area contributed by atoms with Crippen LogP contribution in [0.4, 0.5) is 23.0 Å². The van der Waals surface area contributed by atoms with Crippen molar-refractivity contribution in [1.82, 2.24) is 9.97 Å². The van der Waals surface area contributed by atoms with Crippen LogP contribution in [0.5, 0.6) is 5.75 Å². The summed E-state index contributed by atoms with van der Waals surface area (Å²) in [6.45, 7) is 3.61. The van der Waals surface area contributed by atoms with Crippen LogP contribution >= 0.6 is 0 Å². The molecule has 2 heterocycles. The first-order valence-electron chi connectivity index (χ1n) is 9.01. The molecule has 26 heavy (non-hydrogen) atoms. The molecule has 0 unspecified atom stereocenters. The Morgan fingerprint density at radius 1 is 1.08 bits per heavy atom. The number of nitrogens with one attached hydrogen (secondary N) is 1. The van der Waals surface area contributed by atoms with Crippen molar-refractivity contribution in [3.05, 3.63) is 66.5 Å². The van der Waals surface area contributed by atoms with E-state index in [0.717, 1.165) is 42.5 Å². The minimum atomic E-state index is 0.666. The molecule has 0 saturated heterocycles. The molecule has 4 rings (SSSR count). The van der Waals surface area contributed by atoms with Gasteiger partial charge in [-0.1, -0.05) is 18.2 Å². The average molecular weight is 346 g/mol.